The van der Waals surface area contributed by atoms with Gasteiger partial charge in [-0.2, -0.15) is 0 Å². The van der Waals surface area contributed by atoms with E-state index in [4.69, 9.17) is 4.74 Å². The molecule has 1 unspecified atom stereocenters. The molecule has 0 spiro atoms. The van der Waals surface area contributed by atoms with E-state index in [9.17, 15) is 4.79 Å². The molecular formula is C19H28N2O2. The Kier molecular flexibility index (Phi) is 5.42. The van der Waals surface area contributed by atoms with E-state index in [0.29, 0.717) is 18.7 Å². The van der Waals surface area contributed by atoms with Crippen LogP contribution in [0.4, 0.5) is 5.69 Å². The van der Waals surface area contributed by atoms with Gasteiger partial charge in [0.25, 0.3) is 0 Å². The number of nitrogens with one attached hydrogen (secondary N) is 1. The van der Waals surface area contributed by atoms with Gasteiger partial charge in [0.05, 0.1) is 18.3 Å². The number of carbonyl (C=O) groups is 1. The highest BCUT2D eigenvalue weighted by Gasteiger charge is 2.23. The zero-order valence-corrected chi connectivity index (χ0v) is 14.1. The molecular weight excluding hydrogens is 288 g/mol. The zero-order chi connectivity index (χ0) is 16.1. The van der Waals surface area contributed by atoms with E-state index in [2.05, 4.69) is 12.2 Å². The molecule has 4 nitrogen and oxygen atoms in total. The molecule has 0 bridgehead atoms. The van der Waals surface area contributed by atoms with Gasteiger partial charge in [-0.25, -0.2) is 0 Å². The molecule has 1 amide bonds. The first-order valence-electron chi connectivity index (χ1n) is 9.03. The summed E-state index contributed by atoms with van der Waals surface area (Å²) in [5.41, 5.74) is 0.928. The first-order valence-corrected chi connectivity index (χ1v) is 9.03. The summed E-state index contributed by atoms with van der Waals surface area (Å²) in [4.78, 5) is 14.5. The van der Waals surface area contributed by atoms with Crippen molar-refractivity contribution in [3.8, 4) is 5.75 Å². The molecule has 1 aliphatic carbocycles. The van der Waals surface area contributed by atoms with E-state index in [0.717, 1.165) is 43.7 Å². The number of piperidine rings is 1. The number of rotatable bonds is 5. The van der Waals surface area contributed by atoms with E-state index < -0.39 is 0 Å². The van der Waals surface area contributed by atoms with Gasteiger partial charge in [0, 0.05) is 12.6 Å². The molecule has 1 saturated carbocycles. The Hall–Kier alpha value is -1.71. The second-order valence-electron chi connectivity index (χ2n) is 6.81. The van der Waals surface area contributed by atoms with Gasteiger partial charge in [0.2, 0.25) is 5.91 Å². The van der Waals surface area contributed by atoms with Gasteiger partial charge in [-0.1, -0.05) is 12.1 Å². The number of nitrogens with zero attached hydrogens (tertiary/aromatic N) is 1. The molecule has 4 heteroatoms. The van der Waals surface area contributed by atoms with Crippen molar-refractivity contribution in [2.75, 3.05) is 18.4 Å². The smallest absolute Gasteiger partial charge is 0.242 e. The summed E-state index contributed by atoms with van der Waals surface area (Å²) in [6.07, 6.45) is 8.59. The number of carbonyl (C=O) groups excluding carboxylic acids is 1. The van der Waals surface area contributed by atoms with Crippen molar-refractivity contribution < 1.29 is 9.53 Å². The summed E-state index contributed by atoms with van der Waals surface area (Å²) in [5.74, 6) is 1.06. The molecule has 0 radical (unpaired) electrons. The van der Waals surface area contributed by atoms with Crippen molar-refractivity contribution in [1.29, 1.82) is 0 Å². The monoisotopic (exact) mass is 316 g/mol. The topological polar surface area (TPSA) is 41.6 Å². The maximum atomic E-state index is 12.5. The fourth-order valence-electron chi connectivity index (χ4n) is 3.64. The number of hydrogen-bond donors (Lipinski definition) is 1. The van der Waals surface area contributed by atoms with Gasteiger partial charge in [-0.15, -0.1) is 0 Å². The first-order chi connectivity index (χ1) is 11.2. The summed E-state index contributed by atoms with van der Waals surface area (Å²) in [5, 5.41) is 3.29. The highest BCUT2D eigenvalue weighted by Crippen LogP contribution is 2.29. The molecule has 1 aromatic rings. The number of amides is 1. The quantitative estimate of drug-likeness (QED) is 0.898. The van der Waals surface area contributed by atoms with Crippen LogP contribution in [0.15, 0.2) is 24.3 Å². The SMILES string of the molecule is CC1CCCCN1C(=O)CNc1ccccc1OC1CCCC1. The third kappa shape index (κ3) is 4.18. The van der Waals surface area contributed by atoms with Crippen molar-refractivity contribution in [3.63, 3.8) is 0 Å². The van der Waals surface area contributed by atoms with Gasteiger partial charge >= 0.3 is 0 Å². The molecule has 0 aromatic heterocycles. The molecule has 1 aliphatic heterocycles. The Morgan fingerprint density at radius 1 is 1.17 bits per heavy atom. The van der Waals surface area contributed by atoms with E-state index in [1.54, 1.807) is 0 Å². The summed E-state index contributed by atoms with van der Waals surface area (Å²) in [6.45, 7) is 3.38. The average Bonchev–Trinajstić information content (AvgIpc) is 3.07. The second kappa shape index (κ2) is 7.71. The van der Waals surface area contributed by atoms with Crippen LogP contribution in [0.25, 0.3) is 0 Å². The molecule has 1 atom stereocenters. The fraction of sp³-hybridized carbons (Fsp3) is 0.632. The minimum Gasteiger partial charge on any atom is -0.488 e. The zero-order valence-electron chi connectivity index (χ0n) is 14.1. The van der Waals surface area contributed by atoms with E-state index in [1.807, 2.05) is 29.2 Å². The summed E-state index contributed by atoms with van der Waals surface area (Å²) < 4.78 is 6.12. The van der Waals surface area contributed by atoms with Crippen molar-refractivity contribution in [2.45, 2.75) is 64.0 Å². The van der Waals surface area contributed by atoms with Gasteiger partial charge in [-0.05, 0) is 64.0 Å². The maximum Gasteiger partial charge on any atom is 0.242 e. The van der Waals surface area contributed by atoms with Crippen molar-refractivity contribution >= 4 is 11.6 Å². The highest BCUT2D eigenvalue weighted by molar-refractivity contribution is 5.81. The average molecular weight is 316 g/mol. The number of para-hydroxylation sites is 2. The molecule has 3 rings (SSSR count). The van der Waals surface area contributed by atoms with Crippen LogP contribution >= 0.6 is 0 Å². The fourth-order valence-corrected chi connectivity index (χ4v) is 3.64. The number of benzene rings is 1. The molecule has 1 N–H and O–H groups in total. The van der Waals surface area contributed by atoms with Gasteiger partial charge < -0.3 is 15.0 Å². The number of anilines is 1. The van der Waals surface area contributed by atoms with Crippen LogP contribution in [0.5, 0.6) is 5.75 Å². The maximum absolute atomic E-state index is 12.5. The van der Waals surface area contributed by atoms with Crippen LogP contribution in [0, 0.1) is 0 Å². The molecule has 1 aromatic carbocycles. The van der Waals surface area contributed by atoms with Crippen LogP contribution in [-0.2, 0) is 4.79 Å². The Labute approximate surface area is 139 Å². The third-order valence-corrected chi connectivity index (χ3v) is 5.04. The van der Waals surface area contributed by atoms with Crippen LogP contribution in [0.1, 0.15) is 51.9 Å². The first kappa shape index (κ1) is 16.2. The Morgan fingerprint density at radius 3 is 2.70 bits per heavy atom. The Bertz CT molecular complexity index is 526. The lowest BCUT2D eigenvalue weighted by Crippen LogP contribution is -2.44. The van der Waals surface area contributed by atoms with Crippen LogP contribution < -0.4 is 10.1 Å². The largest absolute Gasteiger partial charge is 0.488 e. The second-order valence-corrected chi connectivity index (χ2v) is 6.81. The molecule has 126 valence electrons. The number of ether oxygens (including phenoxy) is 1. The van der Waals surface area contributed by atoms with E-state index in [-0.39, 0.29) is 5.91 Å². The highest BCUT2D eigenvalue weighted by atomic mass is 16.5. The van der Waals surface area contributed by atoms with Crippen LogP contribution in [0.3, 0.4) is 0 Å². The van der Waals surface area contributed by atoms with Crippen molar-refractivity contribution in [2.24, 2.45) is 0 Å². The minimum atomic E-state index is 0.188. The molecule has 1 heterocycles. The standard InChI is InChI=1S/C19H28N2O2/c1-15-8-6-7-13-21(15)19(22)14-20-17-11-4-5-12-18(17)23-16-9-2-3-10-16/h4-5,11-12,15-16,20H,2-3,6-10,13-14H2,1H3. The van der Waals surface area contributed by atoms with Gasteiger partial charge in [0.1, 0.15) is 5.75 Å². The summed E-state index contributed by atoms with van der Waals surface area (Å²) in [6, 6.07) is 8.33. The van der Waals surface area contributed by atoms with Crippen molar-refractivity contribution in [3.05, 3.63) is 24.3 Å². The predicted octanol–water partition coefficient (Wildman–Crippen LogP) is 3.82. The number of likely N-dealkylation sites (tertiary alicyclic amines) is 1. The van der Waals surface area contributed by atoms with Crippen molar-refractivity contribution in [1.82, 2.24) is 4.90 Å². The van der Waals surface area contributed by atoms with Gasteiger partial charge in [0.15, 0.2) is 0 Å². The molecule has 2 aliphatic rings. The van der Waals surface area contributed by atoms with Gasteiger partial charge in [-0.3, -0.25) is 4.79 Å². The van der Waals surface area contributed by atoms with Crippen LogP contribution in [-0.4, -0.2) is 36.0 Å². The molecule has 23 heavy (non-hydrogen) atoms. The Morgan fingerprint density at radius 2 is 1.91 bits per heavy atom. The van der Waals surface area contributed by atoms with E-state index >= 15 is 0 Å². The van der Waals surface area contributed by atoms with Crippen LogP contribution in [0.2, 0.25) is 0 Å². The lowest BCUT2D eigenvalue weighted by Gasteiger charge is -2.33. The van der Waals surface area contributed by atoms with E-state index in [1.165, 1.54) is 19.3 Å². The molecule has 2 fully saturated rings. The normalized spacial score (nSPS) is 22.1. The summed E-state index contributed by atoms with van der Waals surface area (Å²) in [7, 11) is 0. The Balaban J connectivity index is 1.58. The lowest BCUT2D eigenvalue weighted by molar-refractivity contribution is -0.132. The third-order valence-electron chi connectivity index (χ3n) is 5.04. The summed E-state index contributed by atoms with van der Waals surface area (Å²) >= 11 is 0. The lowest BCUT2D eigenvalue weighted by atomic mass is 10.0. The predicted molar refractivity (Wildman–Crippen MR) is 92.8 cm³/mol. The number of hydrogen-bond acceptors (Lipinski definition) is 3. The minimum absolute atomic E-state index is 0.188. The molecule has 1 saturated heterocycles.